The number of carbonyl (C=O) groups is 1. The van der Waals surface area contributed by atoms with E-state index in [1.807, 2.05) is 0 Å². The molecule has 6 nitrogen and oxygen atoms in total. The third-order valence-corrected chi connectivity index (χ3v) is 3.68. The summed E-state index contributed by atoms with van der Waals surface area (Å²) in [5, 5.41) is 0. The van der Waals surface area contributed by atoms with E-state index in [9.17, 15) is 22.5 Å². The average Bonchev–Trinajstić information content (AvgIpc) is 2.28. The number of alkyl halides is 3. The van der Waals surface area contributed by atoms with Gasteiger partial charge in [-0.05, 0) is 13.8 Å². The highest BCUT2D eigenvalue weighted by Gasteiger charge is 2.34. The summed E-state index contributed by atoms with van der Waals surface area (Å²) in [5.74, 6) is -0.806. The van der Waals surface area contributed by atoms with Gasteiger partial charge in [0, 0.05) is 12.7 Å². The van der Waals surface area contributed by atoms with Gasteiger partial charge in [0.25, 0.3) is 0 Å². The zero-order valence-electron chi connectivity index (χ0n) is 10.7. The first-order chi connectivity index (χ1) is 8.72. The van der Waals surface area contributed by atoms with Gasteiger partial charge in [0.2, 0.25) is 0 Å². The van der Waals surface area contributed by atoms with Crippen molar-refractivity contribution in [2.45, 2.75) is 26.1 Å². The van der Waals surface area contributed by atoms with Crippen LogP contribution in [0.1, 0.15) is 13.8 Å². The van der Waals surface area contributed by atoms with Gasteiger partial charge in [-0.1, -0.05) is 0 Å². The van der Waals surface area contributed by atoms with E-state index < -0.39 is 32.7 Å². The van der Waals surface area contributed by atoms with Crippen LogP contribution in [0.3, 0.4) is 0 Å². The predicted molar refractivity (Wildman–Crippen MR) is 62.9 cm³/mol. The maximum absolute atomic E-state index is 12.1. The van der Waals surface area contributed by atoms with Gasteiger partial charge in [0.05, 0.1) is 6.61 Å². The highest BCUT2D eigenvalue weighted by molar-refractivity contribution is 7.41. The van der Waals surface area contributed by atoms with Gasteiger partial charge in [-0.25, -0.2) is 0 Å². The molecule has 19 heavy (non-hydrogen) atoms. The van der Waals surface area contributed by atoms with Gasteiger partial charge >= 0.3 is 12.1 Å². The number of nitrogens with two attached hydrogens (primary N) is 1. The van der Waals surface area contributed by atoms with Crippen LogP contribution in [0, 0.1) is 0 Å². The van der Waals surface area contributed by atoms with Crippen molar-refractivity contribution in [2.75, 3.05) is 25.9 Å². The molecule has 0 aliphatic carbocycles. The van der Waals surface area contributed by atoms with Crippen molar-refractivity contribution in [1.82, 2.24) is 4.83 Å². The predicted octanol–water partition coefficient (Wildman–Crippen LogP) is 1.17. The Morgan fingerprint density at radius 2 is 2.05 bits per heavy atom. The molecule has 0 aliphatic rings. The first-order valence-electron chi connectivity index (χ1n) is 5.61. The summed E-state index contributed by atoms with van der Waals surface area (Å²) in [6, 6.07) is -1.19. The number of esters is 1. The molecule has 2 unspecified atom stereocenters. The number of carbonyl (C=O) groups excluding carboxylic acids is 1. The molecule has 0 spiro atoms. The Hall–Kier alpha value is -0.630. The lowest BCUT2D eigenvalue weighted by atomic mass is 10.4. The van der Waals surface area contributed by atoms with Crippen LogP contribution in [0.2, 0.25) is 0 Å². The maximum Gasteiger partial charge on any atom is 0.413 e. The fourth-order valence-electron chi connectivity index (χ4n) is 1.13. The van der Waals surface area contributed by atoms with Crippen LogP contribution >= 0.6 is 7.95 Å². The first-order valence-corrected chi connectivity index (χ1v) is 7.17. The molecule has 0 rings (SSSR count). The molecular weight excluding hydrogens is 288 g/mol. The van der Waals surface area contributed by atoms with Gasteiger partial charge in [0.1, 0.15) is 6.04 Å². The van der Waals surface area contributed by atoms with Crippen LogP contribution in [0.5, 0.6) is 0 Å². The average molecular weight is 306 g/mol. The summed E-state index contributed by atoms with van der Waals surface area (Å²) in [5.41, 5.74) is 5.19. The second-order valence-electron chi connectivity index (χ2n) is 3.57. The van der Waals surface area contributed by atoms with Crippen molar-refractivity contribution in [3.63, 3.8) is 0 Å². The van der Waals surface area contributed by atoms with Crippen molar-refractivity contribution >= 4 is 13.9 Å². The Bertz CT molecular complexity index is 314. The summed E-state index contributed by atoms with van der Waals surface area (Å²) < 4.78 is 52.7. The van der Waals surface area contributed by atoms with E-state index in [0.29, 0.717) is 4.83 Å². The van der Waals surface area contributed by atoms with Crippen LogP contribution in [0.4, 0.5) is 13.2 Å². The molecule has 0 heterocycles. The monoisotopic (exact) mass is 306 g/mol. The SMILES string of the molecule is CCOC(=O)C(C)N(OCC(F)(F)F)[PH](=O)CCN. The molecule has 0 saturated heterocycles. The lowest BCUT2D eigenvalue weighted by molar-refractivity contribution is -0.232. The molecule has 0 aromatic carbocycles. The molecule has 0 aliphatic heterocycles. The molecule has 10 heteroatoms. The largest absolute Gasteiger partial charge is 0.465 e. The molecule has 0 bridgehead atoms. The van der Waals surface area contributed by atoms with E-state index >= 15 is 0 Å². The Kier molecular flexibility index (Phi) is 8.24. The van der Waals surface area contributed by atoms with E-state index in [2.05, 4.69) is 9.57 Å². The number of hydrogen-bond acceptors (Lipinski definition) is 5. The summed E-state index contributed by atoms with van der Waals surface area (Å²) in [7, 11) is -2.73. The van der Waals surface area contributed by atoms with E-state index in [1.165, 1.54) is 6.92 Å². The normalized spacial score (nSPS) is 15.3. The molecule has 0 aromatic rings. The Morgan fingerprint density at radius 3 is 2.47 bits per heavy atom. The minimum absolute atomic E-state index is 0.0131. The van der Waals surface area contributed by atoms with Crippen LogP contribution in [0.15, 0.2) is 0 Å². The van der Waals surface area contributed by atoms with Crippen molar-refractivity contribution < 1.29 is 32.1 Å². The van der Waals surface area contributed by atoms with Crippen LogP contribution in [-0.2, 0) is 18.9 Å². The van der Waals surface area contributed by atoms with E-state index in [1.54, 1.807) is 6.92 Å². The minimum atomic E-state index is -4.59. The molecule has 114 valence electrons. The Balaban J connectivity index is 4.75. The smallest absolute Gasteiger partial charge is 0.413 e. The van der Waals surface area contributed by atoms with Gasteiger partial charge in [-0.15, -0.1) is 4.83 Å². The van der Waals surface area contributed by atoms with Gasteiger partial charge in [-0.2, -0.15) is 13.2 Å². The highest BCUT2D eigenvalue weighted by atomic mass is 31.1. The quantitative estimate of drug-likeness (QED) is 0.412. The van der Waals surface area contributed by atoms with Gasteiger partial charge in [-0.3, -0.25) is 9.63 Å². The maximum atomic E-state index is 12.1. The van der Waals surface area contributed by atoms with Crippen molar-refractivity contribution in [1.29, 1.82) is 0 Å². The fourth-order valence-corrected chi connectivity index (χ4v) is 2.35. The number of ether oxygens (including phenoxy) is 1. The second kappa shape index (κ2) is 8.52. The molecule has 0 fully saturated rings. The molecule has 0 amide bonds. The Labute approximate surface area is 109 Å². The van der Waals surface area contributed by atoms with Crippen LogP contribution < -0.4 is 5.73 Å². The fraction of sp³-hybridized carbons (Fsp3) is 0.889. The molecular formula is C9H18F3N2O4P. The lowest BCUT2D eigenvalue weighted by Crippen LogP contribution is -2.38. The zero-order valence-corrected chi connectivity index (χ0v) is 11.7. The number of hydroxylamine groups is 1. The summed E-state index contributed by atoms with van der Waals surface area (Å²) in [6.07, 6.45) is -4.64. The first kappa shape index (κ1) is 18.4. The summed E-state index contributed by atoms with van der Waals surface area (Å²) in [4.78, 5) is 16.4. The number of halogens is 3. The molecule has 0 aromatic heterocycles. The molecule has 2 atom stereocenters. The van der Waals surface area contributed by atoms with Gasteiger partial charge < -0.3 is 15.0 Å². The summed E-state index contributed by atoms with van der Waals surface area (Å²) in [6.45, 7) is 1.26. The molecule has 0 radical (unpaired) electrons. The number of hydrogen-bond donors (Lipinski definition) is 1. The standard InChI is InChI=1S/C9H18F3N2O4P/c1-3-17-8(15)7(2)14(19(16)5-4-13)18-6-9(10,11)12/h7,19H,3-6,13H2,1-2H3. The zero-order chi connectivity index (χ0) is 15.1. The lowest BCUT2D eigenvalue weighted by Gasteiger charge is -2.26. The highest BCUT2D eigenvalue weighted by Crippen LogP contribution is 2.31. The third kappa shape index (κ3) is 7.51. The third-order valence-electron chi connectivity index (χ3n) is 1.95. The van der Waals surface area contributed by atoms with Crippen molar-refractivity contribution in [3.8, 4) is 0 Å². The molecule has 0 saturated carbocycles. The number of nitrogens with zero attached hydrogens (tertiary/aromatic N) is 1. The van der Waals surface area contributed by atoms with E-state index in [4.69, 9.17) is 5.73 Å². The molecule has 2 N–H and O–H groups in total. The second-order valence-corrected chi connectivity index (χ2v) is 5.30. The number of rotatable bonds is 8. The van der Waals surface area contributed by atoms with Crippen molar-refractivity contribution in [2.24, 2.45) is 5.73 Å². The topological polar surface area (TPSA) is 81.9 Å². The van der Waals surface area contributed by atoms with Crippen molar-refractivity contribution in [3.05, 3.63) is 0 Å². The van der Waals surface area contributed by atoms with E-state index in [0.717, 1.165) is 0 Å². The van der Waals surface area contributed by atoms with Crippen LogP contribution in [-0.4, -0.2) is 48.9 Å². The Morgan fingerprint density at radius 1 is 1.47 bits per heavy atom. The minimum Gasteiger partial charge on any atom is -0.465 e. The van der Waals surface area contributed by atoms with E-state index in [-0.39, 0.29) is 19.3 Å². The van der Waals surface area contributed by atoms with Gasteiger partial charge in [0.15, 0.2) is 14.6 Å². The summed E-state index contributed by atoms with van der Waals surface area (Å²) >= 11 is 0. The van der Waals surface area contributed by atoms with Crippen LogP contribution in [0.25, 0.3) is 0 Å².